The topological polar surface area (TPSA) is 105 Å². The molecule has 0 amide bonds. The van der Waals surface area contributed by atoms with Crippen LogP contribution in [0.5, 0.6) is 0 Å². The van der Waals surface area contributed by atoms with Gasteiger partial charge in [0.25, 0.3) is 0 Å². The van der Waals surface area contributed by atoms with Crippen molar-refractivity contribution in [3.63, 3.8) is 0 Å². The summed E-state index contributed by atoms with van der Waals surface area (Å²) in [7, 11) is 8.05. The van der Waals surface area contributed by atoms with Gasteiger partial charge in [0.2, 0.25) is 0 Å². The quantitative estimate of drug-likeness (QED) is 0.258. The van der Waals surface area contributed by atoms with Crippen molar-refractivity contribution < 1.29 is 19.8 Å². The van der Waals surface area contributed by atoms with Gasteiger partial charge in [-0.3, -0.25) is 20.9 Å². The molecular weight excluding hydrogens is 264 g/mol. The van der Waals surface area contributed by atoms with Crippen LogP contribution in [-0.2, 0) is 9.59 Å². The summed E-state index contributed by atoms with van der Waals surface area (Å²) in [6.07, 6.45) is 3.53. The van der Waals surface area contributed by atoms with E-state index in [1.54, 1.807) is 0 Å². The number of unbranched alkanes of at least 4 members (excludes halogenated alkanes) is 1. The summed E-state index contributed by atoms with van der Waals surface area (Å²) >= 11 is 0. The second-order valence-corrected chi connectivity index (χ2v) is 4.32. The van der Waals surface area contributed by atoms with Crippen molar-refractivity contribution in [2.75, 3.05) is 41.3 Å². The molecule has 0 aromatic heterocycles. The first-order valence-electron chi connectivity index (χ1n) is 6.21. The zero-order valence-corrected chi connectivity index (χ0v) is 12.6. The molecule has 20 heavy (non-hydrogen) atoms. The summed E-state index contributed by atoms with van der Waals surface area (Å²) in [5.41, 5.74) is 6.45. The second-order valence-electron chi connectivity index (χ2n) is 4.32. The Kier molecular flexibility index (Phi) is 14.5. The molecule has 0 aliphatic rings. The maximum Gasteiger partial charge on any atom is 0.328 e. The van der Waals surface area contributed by atoms with E-state index in [-0.39, 0.29) is 0 Å². The van der Waals surface area contributed by atoms with Gasteiger partial charge in [0, 0.05) is 53.4 Å². The molecule has 4 N–H and O–H groups in total. The molecular formula is C12H26N4O4. The Labute approximate surface area is 120 Å². The molecule has 0 aromatic carbocycles. The Hall–Kier alpha value is -1.48. The van der Waals surface area contributed by atoms with Gasteiger partial charge in [0.15, 0.2) is 0 Å². The van der Waals surface area contributed by atoms with Gasteiger partial charge in [-0.25, -0.2) is 9.59 Å². The molecule has 0 radical (unpaired) electrons. The Morgan fingerprint density at radius 1 is 0.850 bits per heavy atom. The lowest BCUT2D eigenvalue weighted by Gasteiger charge is -2.13. The SMILES string of the molecule is CN(C)NCCCCNN(C)C.O=C(O)/C=C\C(=O)O. The summed E-state index contributed by atoms with van der Waals surface area (Å²) < 4.78 is 0. The molecule has 8 heteroatoms. The molecule has 0 unspecified atom stereocenters. The number of nitrogens with zero attached hydrogens (tertiary/aromatic N) is 2. The Bertz CT molecular complexity index is 265. The van der Waals surface area contributed by atoms with Crippen molar-refractivity contribution in [2.45, 2.75) is 12.8 Å². The molecule has 0 heterocycles. The van der Waals surface area contributed by atoms with Crippen molar-refractivity contribution in [3.05, 3.63) is 12.2 Å². The molecule has 0 fully saturated rings. The zero-order valence-electron chi connectivity index (χ0n) is 12.6. The lowest BCUT2D eigenvalue weighted by atomic mass is 10.3. The summed E-state index contributed by atoms with van der Waals surface area (Å²) in [5.74, 6) is -2.51. The van der Waals surface area contributed by atoms with E-state index in [1.807, 2.05) is 38.2 Å². The summed E-state index contributed by atoms with van der Waals surface area (Å²) in [4.78, 5) is 19.1. The van der Waals surface area contributed by atoms with Crippen LogP contribution in [0, 0.1) is 0 Å². The average Bonchev–Trinajstić information content (AvgIpc) is 2.31. The molecule has 0 saturated heterocycles. The lowest BCUT2D eigenvalue weighted by Crippen LogP contribution is -2.33. The normalized spacial score (nSPS) is 10.7. The highest BCUT2D eigenvalue weighted by molar-refractivity contribution is 5.89. The molecule has 0 rings (SSSR count). The number of nitrogens with one attached hydrogen (secondary N) is 2. The van der Waals surface area contributed by atoms with Crippen LogP contribution in [0.15, 0.2) is 12.2 Å². The predicted octanol–water partition coefficient (Wildman–Crippen LogP) is -0.389. The fourth-order valence-electron chi connectivity index (χ4n) is 0.998. The Balaban J connectivity index is 0. The number of carboxylic acid groups (broad SMARTS) is 2. The van der Waals surface area contributed by atoms with Gasteiger partial charge >= 0.3 is 11.9 Å². The molecule has 0 aromatic rings. The third-order valence-corrected chi connectivity index (χ3v) is 1.83. The van der Waals surface area contributed by atoms with Crippen LogP contribution >= 0.6 is 0 Å². The number of carboxylic acids is 2. The first-order chi connectivity index (χ1) is 9.25. The van der Waals surface area contributed by atoms with Crippen LogP contribution in [0.3, 0.4) is 0 Å². The monoisotopic (exact) mass is 290 g/mol. The molecule has 8 nitrogen and oxygen atoms in total. The third-order valence-electron chi connectivity index (χ3n) is 1.83. The van der Waals surface area contributed by atoms with E-state index >= 15 is 0 Å². The van der Waals surface area contributed by atoms with E-state index in [1.165, 1.54) is 12.8 Å². The average molecular weight is 290 g/mol. The van der Waals surface area contributed by atoms with Crippen LogP contribution < -0.4 is 10.9 Å². The van der Waals surface area contributed by atoms with E-state index in [2.05, 4.69) is 10.9 Å². The second kappa shape index (κ2) is 13.9. The molecule has 0 atom stereocenters. The summed E-state index contributed by atoms with van der Waals surface area (Å²) in [6.45, 7) is 2.12. The molecule has 0 saturated carbocycles. The number of hydrogen-bond acceptors (Lipinski definition) is 6. The van der Waals surface area contributed by atoms with Gasteiger partial charge in [-0.1, -0.05) is 0 Å². The van der Waals surface area contributed by atoms with Gasteiger partial charge in [0.1, 0.15) is 0 Å². The fraction of sp³-hybridized carbons (Fsp3) is 0.667. The van der Waals surface area contributed by atoms with Crippen molar-refractivity contribution in [3.8, 4) is 0 Å². The van der Waals surface area contributed by atoms with Gasteiger partial charge in [-0.05, 0) is 12.8 Å². The van der Waals surface area contributed by atoms with Crippen LogP contribution in [0.2, 0.25) is 0 Å². The zero-order chi connectivity index (χ0) is 16.0. The fourth-order valence-corrected chi connectivity index (χ4v) is 0.998. The van der Waals surface area contributed by atoms with E-state index in [0.717, 1.165) is 13.1 Å². The van der Waals surface area contributed by atoms with Gasteiger partial charge in [-0.2, -0.15) is 0 Å². The van der Waals surface area contributed by atoms with Crippen molar-refractivity contribution in [2.24, 2.45) is 0 Å². The standard InChI is InChI=1S/C8H22N4.C4H4O4/c1-11(2)9-7-5-6-8-10-12(3)4;5-3(6)1-2-4(7)8/h9-10H,5-8H2,1-4H3;1-2H,(H,5,6)(H,7,8)/b;2-1-. The molecule has 118 valence electrons. The molecule has 0 aliphatic heterocycles. The molecule has 0 bridgehead atoms. The summed E-state index contributed by atoms with van der Waals surface area (Å²) in [5, 5.41) is 19.6. The van der Waals surface area contributed by atoms with E-state index < -0.39 is 11.9 Å². The van der Waals surface area contributed by atoms with Crippen LogP contribution in [0.4, 0.5) is 0 Å². The van der Waals surface area contributed by atoms with Gasteiger partial charge in [-0.15, -0.1) is 0 Å². The highest BCUT2D eigenvalue weighted by atomic mass is 16.4. The number of carbonyl (C=O) groups is 2. The summed E-state index contributed by atoms with van der Waals surface area (Å²) in [6, 6.07) is 0. The number of aliphatic carboxylic acids is 2. The Morgan fingerprint density at radius 2 is 1.15 bits per heavy atom. The maximum absolute atomic E-state index is 9.55. The van der Waals surface area contributed by atoms with Crippen molar-refractivity contribution in [1.82, 2.24) is 20.9 Å². The highest BCUT2D eigenvalue weighted by Gasteiger charge is 1.90. The minimum atomic E-state index is -1.26. The predicted molar refractivity (Wildman–Crippen MR) is 77.0 cm³/mol. The van der Waals surface area contributed by atoms with E-state index in [0.29, 0.717) is 12.2 Å². The van der Waals surface area contributed by atoms with E-state index in [4.69, 9.17) is 10.2 Å². The van der Waals surface area contributed by atoms with Crippen molar-refractivity contribution >= 4 is 11.9 Å². The van der Waals surface area contributed by atoms with Crippen LogP contribution in [-0.4, -0.2) is 73.4 Å². The molecule has 0 aliphatic carbocycles. The molecule has 0 spiro atoms. The lowest BCUT2D eigenvalue weighted by molar-refractivity contribution is -0.134. The number of hydrazine groups is 2. The maximum atomic E-state index is 9.55. The van der Waals surface area contributed by atoms with Crippen LogP contribution in [0.1, 0.15) is 12.8 Å². The van der Waals surface area contributed by atoms with E-state index in [9.17, 15) is 9.59 Å². The van der Waals surface area contributed by atoms with Crippen LogP contribution in [0.25, 0.3) is 0 Å². The number of hydrogen-bond donors (Lipinski definition) is 4. The number of rotatable bonds is 9. The minimum Gasteiger partial charge on any atom is -0.478 e. The third kappa shape index (κ3) is 25.4. The first-order valence-corrected chi connectivity index (χ1v) is 6.21. The Morgan fingerprint density at radius 3 is 1.35 bits per heavy atom. The smallest absolute Gasteiger partial charge is 0.328 e. The minimum absolute atomic E-state index is 0.558. The van der Waals surface area contributed by atoms with Gasteiger partial charge in [0.05, 0.1) is 0 Å². The highest BCUT2D eigenvalue weighted by Crippen LogP contribution is 1.84. The largest absolute Gasteiger partial charge is 0.478 e. The first kappa shape index (κ1) is 20.8. The van der Waals surface area contributed by atoms with Gasteiger partial charge < -0.3 is 10.2 Å². The van der Waals surface area contributed by atoms with Crippen molar-refractivity contribution in [1.29, 1.82) is 0 Å².